The molecule has 2 amide bonds. The SMILES string of the molecule is Cc1noc(C)c1NC(=O)N1CCCC(Cn2cc(-c3ccsc3)nn2)C1. The van der Waals surface area contributed by atoms with Crippen LogP contribution in [0.3, 0.4) is 0 Å². The number of nitrogens with zero attached hydrogens (tertiary/aromatic N) is 5. The third kappa shape index (κ3) is 3.87. The number of piperidine rings is 1. The van der Waals surface area contributed by atoms with Gasteiger partial charge in [0.2, 0.25) is 0 Å². The van der Waals surface area contributed by atoms with Crippen LogP contribution in [-0.2, 0) is 6.54 Å². The van der Waals surface area contributed by atoms with E-state index in [-0.39, 0.29) is 6.03 Å². The first-order valence-corrected chi connectivity index (χ1v) is 9.96. The van der Waals surface area contributed by atoms with Crippen LogP contribution < -0.4 is 5.32 Å². The Bertz CT molecular complexity index is 897. The average Bonchev–Trinajstić information content (AvgIpc) is 3.40. The molecule has 1 fully saturated rings. The maximum atomic E-state index is 12.6. The van der Waals surface area contributed by atoms with Gasteiger partial charge in [0.25, 0.3) is 0 Å². The monoisotopic (exact) mass is 386 g/mol. The van der Waals surface area contributed by atoms with E-state index >= 15 is 0 Å². The molecule has 0 radical (unpaired) electrons. The number of urea groups is 1. The largest absolute Gasteiger partial charge is 0.359 e. The summed E-state index contributed by atoms with van der Waals surface area (Å²) in [5.74, 6) is 0.976. The molecule has 1 saturated heterocycles. The van der Waals surface area contributed by atoms with Crippen molar-refractivity contribution in [2.45, 2.75) is 33.2 Å². The molecule has 0 aromatic carbocycles. The second kappa shape index (κ2) is 7.51. The van der Waals surface area contributed by atoms with Gasteiger partial charge in [-0.1, -0.05) is 10.4 Å². The Hall–Kier alpha value is -2.68. The molecule has 1 unspecified atom stereocenters. The highest BCUT2D eigenvalue weighted by Crippen LogP contribution is 2.23. The molecule has 3 aromatic heterocycles. The molecule has 8 nitrogen and oxygen atoms in total. The first-order valence-electron chi connectivity index (χ1n) is 9.01. The van der Waals surface area contributed by atoms with Crippen LogP contribution in [0.15, 0.2) is 27.5 Å². The Labute approximate surface area is 161 Å². The van der Waals surface area contributed by atoms with Crippen LogP contribution in [0.1, 0.15) is 24.3 Å². The lowest BCUT2D eigenvalue weighted by Gasteiger charge is -2.32. The van der Waals surface area contributed by atoms with Gasteiger partial charge < -0.3 is 14.7 Å². The lowest BCUT2D eigenvalue weighted by Crippen LogP contribution is -2.43. The maximum Gasteiger partial charge on any atom is 0.322 e. The number of carbonyl (C=O) groups is 1. The van der Waals surface area contributed by atoms with Crippen molar-refractivity contribution in [1.82, 2.24) is 25.1 Å². The highest BCUT2D eigenvalue weighted by Gasteiger charge is 2.25. The number of amides is 2. The summed E-state index contributed by atoms with van der Waals surface area (Å²) in [7, 11) is 0. The van der Waals surface area contributed by atoms with E-state index in [9.17, 15) is 4.79 Å². The number of hydrogen-bond donors (Lipinski definition) is 1. The molecule has 1 N–H and O–H groups in total. The van der Waals surface area contributed by atoms with Gasteiger partial charge in [-0.25, -0.2) is 4.79 Å². The number of carbonyl (C=O) groups excluding carboxylic acids is 1. The fourth-order valence-electron chi connectivity index (χ4n) is 3.44. The minimum atomic E-state index is -0.105. The number of aromatic nitrogens is 4. The number of likely N-dealkylation sites (tertiary alicyclic amines) is 1. The Morgan fingerprint density at radius 3 is 3.07 bits per heavy atom. The van der Waals surface area contributed by atoms with Crippen LogP contribution in [0.5, 0.6) is 0 Å². The molecule has 0 spiro atoms. The fourth-order valence-corrected chi connectivity index (χ4v) is 4.09. The summed E-state index contributed by atoms with van der Waals surface area (Å²) in [6, 6.07) is 1.94. The van der Waals surface area contributed by atoms with Crippen LogP contribution in [-0.4, -0.2) is 44.2 Å². The topological polar surface area (TPSA) is 89.1 Å². The third-order valence-corrected chi connectivity index (χ3v) is 5.56. The van der Waals surface area contributed by atoms with Gasteiger partial charge in [0, 0.05) is 30.6 Å². The van der Waals surface area contributed by atoms with Gasteiger partial charge in [-0.15, -0.1) is 5.10 Å². The summed E-state index contributed by atoms with van der Waals surface area (Å²) in [6.45, 7) is 5.82. The summed E-state index contributed by atoms with van der Waals surface area (Å²) in [6.07, 6.45) is 4.03. The zero-order valence-electron chi connectivity index (χ0n) is 15.4. The van der Waals surface area contributed by atoms with Crippen molar-refractivity contribution in [3.8, 4) is 11.3 Å². The summed E-state index contributed by atoms with van der Waals surface area (Å²) in [4.78, 5) is 14.5. The number of rotatable bonds is 4. The van der Waals surface area contributed by atoms with E-state index in [0.717, 1.165) is 37.2 Å². The van der Waals surface area contributed by atoms with Gasteiger partial charge in [-0.2, -0.15) is 11.3 Å². The van der Waals surface area contributed by atoms with E-state index in [0.29, 0.717) is 29.6 Å². The molecule has 0 bridgehead atoms. The van der Waals surface area contributed by atoms with Crippen molar-refractivity contribution >= 4 is 23.1 Å². The van der Waals surface area contributed by atoms with Crippen molar-refractivity contribution in [2.24, 2.45) is 5.92 Å². The Morgan fingerprint density at radius 2 is 2.33 bits per heavy atom. The second-order valence-corrected chi connectivity index (χ2v) is 7.70. The molecule has 142 valence electrons. The summed E-state index contributed by atoms with van der Waals surface area (Å²) in [5, 5.41) is 19.4. The van der Waals surface area contributed by atoms with E-state index in [2.05, 4.69) is 26.2 Å². The first kappa shape index (κ1) is 17.7. The predicted molar refractivity (Wildman–Crippen MR) is 103 cm³/mol. The predicted octanol–water partition coefficient (Wildman–Crippen LogP) is 3.56. The van der Waals surface area contributed by atoms with Gasteiger partial charge >= 0.3 is 6.03 Å². The van der Waals surface area contributed by atoms with Gasteiger partial charge in [0.15, 0.2) is 5.76 Å². The van der Waals surface area contributed by atoms with Crippen molar-refractivity contribution in [2.75, 3.05) is 18.4 Å². The Morgan fingerprint density at radius 1 is 1.44 bits per heavy atom. The van der Waals surface area contributed by atoms with Gasteiger partial charge in [-0.3, -0.25) is 4.68 Å². The van der Waals surface area contributed by atoms with E-state index in [1.54, 1.807) is 18.3 Å². The number of hydrogen-bond acceptors (Lipinski definition) is 6. The second-order valence-electron chi connectivity index (χ2n) is 6.92. The fraction of sp³-hybridized carbons (Fsp3) is 0.444. The zero-order valence-corrected chi connectivity index (χ0v) is 16.2. The lowest BCUT2D eigenvalue weighted by molar-refractivity contribution is 0.168. The molecule has 0 saturated carbocycles. The first-order chi connectivity index (χ1) is 13.1. The minimum Gasteiger partial charge on any atom is -0.359 e. The summed E-state index contributed by atoms with van der Waals surface area (Å²) >= 11 is 1.65. The Kier molecular flexibility index (Phi) is 4.93. The van der Waals surface area contributed by atoms with Crippen LogP contribution in [0.2, 0.25) is 0 Å². The summed E-state index contributed by atoms with van der Waals surface area (Å²) in [5.41, 5.74) is 3.34. The van der Waals surface area contributed by atoms with Crippen molar-refractivity contribution in [1.29, 1.82) is 0 Å². The quantitative estimate of drug-likeness (QED) is 0.741. The number of anilines is 1. The molecular formula is C18H22N6O2S. The Balaban J connectivity index is 1.37. The third-order valence-electron chi connectivity index (χ3n) is 4.87. The minimum absolute atomic E-state index is 0.105. The van der Waals surface area contributed by atoms with E-state index in [1.807, 2.05) is 34.1 Å². The van der Waals surface area contributed by atoms with Gasteiger partial charge in [0.1, 0.15) is 17.1 Å². The molecule has 27 heavy (non-hydrogen) atoms. The molecule has 3 aromatic rings. The normalized spacial score (nSPS) is 17.3. The van der Waals surface area contributed by atoms with Gasteiger partial charge in [-0.05, 0) is 44.1 Å². The van der Waals surface area contributed by atoms with Crippen molar-refractivity contribution in [3.05, 3.63) is 34.5 Å². The molecule has 9 heteroatoms. The van der Waals surface area contributed by atoms with Crippen molar-refractivity contribution in [3.63, 3.8) is 0 Å². The highest BCUT2D eigenvalue weighted by molar-refractivity contribution is 7.08. The molecule has 1 aliphatic rings. The van der Waals surface area contributed by atoms with Crippen LogP contribution in [0, 0.1) is 19.8 Å². The lowest BCUT2D eigenvalue weighted by atomic mass is 9.98. The number of nitrogens with one attached hydrogen (secondary N) is 1. The van der Waals surface area contributed by atoms with Crippen LogP contribution in [0.4, 0.5) is 10.5 Å². The standard InChI is InChI=1S/C18H22N6O2S/c1-12-17(13(2)26-21-12)19-18(25)23-6-3-4-14(8-23)9-24-10-16(20-22-24)15-5-7-27-11-15/h5,7,10-11,14H,3-4,6,8-9H2,1-2H3,(H,19,25). The smallest absolute Gasteiger partial charge is 0.322 e. The molecule has 4 heterocycles. The molecule has 4 rings (SSSR count). The molecule has 1 atom stereocenters. The maximum absolute atomic E-state index is 12.6. The molecule has 0 aliphatic carbocycles. The molecular weight excluding hydrogens is 364 g/mol. The van der Waals surface area contributed by atoms with E-state index in [1.165, 1.54) is 0 Å². The zero-order chi connectivity index (χ0) is 18.8. The summed E-state index contributed by atoms with van der Waals surface area (Å²) < 4.78 is 7.00. The van der Waals surface area contributed by atoms with Crippen LogP contribution in [0.25, 0.3) is 11.3 Å². The van der Waals surface area contributed by atoms with E-state index in [4.69, 9.17) is 4.52 Å². The average molecular weight is 386 g/mol. The number of thiophene rings is 1. The van der Waals surface area contributed by atoms with E-state index < -0.39 is 0 Å². The highest BCUT2D eigenvalue weighted by atomic mass is 32.1. The molecule has 1 aliphatic heterocycles. The van der Waals surface area contributed by atoms with Crippen LogP contribution >= 0.6 is 11.3 Å². The number of aryl methyl sites for hydroxylation is 2. The van der Waals surface area contributed by atoms with Gasteiger partial charge in [0.05, 0.1) is 6.20 Å². The van der Waals surface area contributed by atoms with Crippen molar-refractivity contribution < 1.29 is 9.32 Å².